The molecular weight excluding hydrogens is 454 g/mol. The van der Waals surface area contributed by atoms with Crippen LogP contribution in [0.25, 0.3) is 0 Å². The summed E-state index contributed by atoms with van der Waals surface area (Å²) in [5.41, 5.74) is 0.812. The van der Waals surface area contributed by atoms with E-state index in [1.807, 2.05) is 18.2 Å². The second-order valence-electron chi connectivity index (χ2n) is 9.55. The largest absolute Gasteiger partial charge is 0.352 e. The van der Waals surface area contributed by atoms with Gasteiger partial charge in [0.2, 0.25) is 23.6 Å². The van der Waals surface area contributed by atoms with E-state index in [9.17, 15) is 19.2 Å². The zero-order valence-corrected chi connectivity index (χ0v) is 20.3. The lowest BCUT2D eigenvalue weighted by atomic mass is 9.85. The Kier molecular flexibility index (Phi) is 7.71. The summed E-state index contributed by atoms with van der Waals surface area (Å²) in [5, 5.41) is 3.62. The lowest BCUT2D eigenvalue weighted by Gasteiger charge is -2.30. The maximum absolute atomic E-state index is 13.4. The molecule has 182 valence electrons. The summed E-state index contributed by atoms with van der Waals surface area (Å²) in [6, 6.07) is 6.65. The van der Waals surface area contributed by atoms with E-state index in [0.717, 1.165) is 31.2 Å². The highest BCUT2D eigenvalue weighted by Gasteiger charge is 2.47. The third-order valence-electron chi connectivity index (χ3n) is 7.26. The van der Waals surface area contributed by atoms with Crippen LogP contribution < -0.4 is 5.32 Å². The molecule has 1 N–H and O–H groups in total. The van der Waals surface area contributed by atoms with E-state index in [1.54, 1.807) is 25.1 Å². The average Bonchev–Trinajstić information content (AvgIpc) is 3.42. The molecule has 0 bridgehead atoms. The van der Waals surface area contributed by atoms with Crippen molar-refractivity contribution in [2.24, 2.45) is 11.8 Å². The Morgan fingerprint density at radius 3 is 2.38 bits per heavy atom. The number of halogens is 1. The fourth-order valence-electron chi connectivity index (χ4n) is 5.25. The van der Waals surface area contributed by atoms with Crippen molar-refractivity contribution in [2.75, 3.05) is 6.54 Å². The zero-order valence-electron chi connectivity index (χ0n) is 19.5. The Balaban J connectivity index is 1.45. The summed E-state index contributed by atoms with van der Waals surface area (Å²) in [7, 11) is 0. The number of fused-ring (bicyclic) bond motifs is 1. The Hall–Kier alpha value is -2.67. The summed E-state index contributed by atoms with van der Waals surface area (Å²) >= 11 is 6.13. The number of carbonyl (C=O) groups excluding carboxylic acids is 4. The van der Waals surface area contributed by atoms with Crippen LogP contribution in [-0.2, 0) is 25.7 Å². The number of benzene rings is 1. The number of nitrogens with zero attached hydrogens (tertiary/aromatic N) is 2. The third kappa shape index (κ3) is 5.35. The average molecular weight is 486 g/mol. The van der Waals surface area contributed by atoms with Crippen molar-refractivity contribution in [3.8, 4) is 0 Å². The van der Waals surface area contributed by atoms with Crippen LogP contribution in [0.4, 0.5) is 0 Å². The molecule has 4 rings (SSSR count). The van der Waals surface area contributed by atoms with Crippen LogP contribution >= 0.6 is 11.6 Å². The lowest BCUT2D eigenvalue weighted by Crippen LogP contribution is -2.50. The van der Waals surface area contributed by atoms with Crippen molar-refractivity contribution < 1.29 is 19.2 Å². The molecule has 1 aromatic rings. The predicted molar refractivity (Wildman–Crippen MR) is 129 cm³/mol. The Morgan fingerprint density at radius 1 is 1.12 bits per heavy atom. The van der Waals surface area contributed by atoms with Crippen LogP contribution in [0.3, 0.4) is 0 Å². The van der Waals surface area contributed by atoms with Crippen molar-refractivity contribution in [3.05, 3.63) is 47.0 Å². The molecule has 1 saturated heterocycles. The molecule has 1 heterocycles. The molecule has 34 heavy (non-hydrogen) atoms. The van der Waals surface area contributed by atoms with Gasteiger partial charge in [-0.2, -0.15) is 0 Å². The molecule has 2 fully saturated rings. The number of amides is 4. The standard InChI is InChI=1S/C26H32ClN3O4/c1-17(24(32)28-20-9-2-3-10-20)30(16-18-7-6-8-19(27)15-18)23(31)13-14-29-25(33)21-11-4-5-12-22(21)26(29)34/h4-8,15,17,20-22H,2-3,9-14,16H2,1H3,(H,28,32)/t17?,21-,22+. The second-order valence-corrected chi connectivity index (χ2v) is 9.99. The molecule has 1 unspecified atom stereocenters. The highest BCUT2D eigenvalue weighted by atomic mass is 35.5. The number of carbonyl (C=O) groups is 4. The molecule has 8 heteroatoms. The minimum atomic E-state index is -0.691. The first-order valence-corrected chi connectivity index (χ1v) is 12.6. The molecular formula is C26H32ClN3O4. The van der Waals surface area contributed by atoms with Gasteiger partial charge in [-0.15, -0.1) is 0 Å². The zero-order chi connectivity index (χ0) is 24.2. The summed E-state index contributed by atoms with van der Waals surface area (Å²) in [6.45, 7) is 1.97. The van der Waals surface area contributed by atoms with Gasteiger partial charge in [0, 0.05) is 30.6 Å². The first-order valence-electron chi connectivity index (χ1n) is 12.2. The quantitative estimate of drug-likeness (QED) is 0.451. The predicted octanol–water partition coefficient (Wildman–Crippen LogP) is 3.46. The third-order valence-corrected chi connectivity index (χ3v) is 7.49. The highest BCUT2D eigenvalue weighted by Crippen LogP contribution is 2.35. The van der Waals surface area contributed by atoms with Crippen molar-refractivity contribution in [2.45, 2.75) is 70.5 Å². The number of nitrogens with one attached hydrogen (secondary N) is 1. The van der Waals surface area contributed by atoms with E-state index >= 15 is 0 Å². The Morgan fingerprint density at radius 2 is 1.76 bits per heavy atom. The van der Waals surface area contributed by atoms with Crippen LogP contribution in [0.5, 0.6) is 0 Å². The number of hydrogen-bond donors (Lipinski definition) is 1. The van der Waals surface area contributed by atoms with Crippen LogP contribution in [0.15, 0.2) is 36.4 Å². The summed E-state index contributed by atoms with van der Waals surface area (Å²) < 4.78 is 0. The SMILES string of the molecule is CC(C(=O)NC1CCCC1)N(Cc1cccc(Cl)c1)C(=O)CCN1C(=O)[C@H]2CC=CC[C@H]2C1=O. The van der Waals surface area contributed by atoms with Crippen molar-refractivity contribution in [1.29, 1.82) is 0 Å². The molecule has 0 aromatic heterocycles. The van der Waals surface area contributed by atoms with Gasteiger partial charge in [-0.1, -0.05) is 48.7 Å². The van der Waals surface area contributed by atoms with E-state index in [2.05, 4.69) is 5.32 Å². The summed E-state index contributed by atoms with van der Waals surface area (Å²) in [6.07, 6.45) is 9.11. The maximum atomic E-state index is 13.4. The smallest absolute Gasteiger partial charge is 0.242 e. The Bertz CT molecular complexity index is 962. The van der Waals surface area contributed by atoms with Gasteiger partial charge in [-0.05, 0) is 50.3 Å². The first-order chi connectivity index (χ1) is 16.3. The van der Waals surface area contributed by atoms with Gasteiger partial charge in [-0.3, -0.25) is 24.1 Å². The maximum Gasteiger partial charge on any atom is 0.242 e. The fraction of sp³-hybridized carbons (Fsp3) is 0.538. The van der Waals surface area contributed by atoms with Crippen LogP contribution in [0, 0.1) is 11.8 Å². The number of hydrogen-bond acceptors (Lipinski definition) is 4. The molecule has 0 spiro atoms. The lowest BCUT2D eigenvalue weighted by molar-refractivity contribution is -0.144. The van der Waals surface area contributed by atoms with Gasteiger partial charge in [0.05, 0.1) is 11.8 Å². The highest BCUT2D eigenvalue weighted by molar-refractivity contribution is 6.30. The topological polar surface area (TPSA) is 86.8 Å². The fourth-order valence-corrected chi connectivity index (χ4v) is 5.46. The van der Waals surface area contributed by atoms with Gasteiger partial charge in [0.15, 0.2) is 0 Å². The van der Waals surface area contributed by atoms with Crippen LogP contribution in [-0.4, -0.2) is 52.1 Å². The van der Waals surface area contributed by atoms with Crippen LogP contribution in [0.2, 0.25) is 5.02 Å². The molecule has 1 aliphatic heterocycles. The van der Waals surface area contributed by atoms with E-state index in [-0.39, 0.29) is 61.0 Å². The van der Waals surface area contributed by atoms with Crippen LogP contribution in [0.1, 0.15) is 57.4 Å². The van der Waals surface area contributed by atoms with Gasteiger partial charge in [-0.25, -0.2) is 0 Å². The van der Waals surface area contributed by atoms with Crippen molar-refractivity contribution in [1.82, 2.24) is 15.1 Å². The summed E-state index contributed by atoms with van der Waals surface area (Å²) in [5.74, 6) is -1.48. The normalized spacial score (nSPS) is 23.2. The second kappa shape index (κ2) is 10.7. The van der Waals surface area contributed by atoms with Gasteiger partial charge in [0.25, 0.3) is 0 Å². The molecule has 3 atom stereocenters. The number of imide groups is 1. The van der Waals surface area contributed by atoms with Crippen molar-refractivity contribution in [3.63, 3.8) is 0 Å². The molecule has 3 aliphatic rings. The van der Waals surface area contributed by atoms with Gasteiger partial charge < -0.3 is 10.2 Å². The van der Waals surface area contributed by atoms with E-state index in [4.69, 9.17) is 11.6 Å². The van der Waals surface area contributed by atoms with Gasteiger partial charge in [0.1, 0.15) is 6.04 Å². The number of allylic oxidation sites excluding steroid dienone is 2. The number of rotatable bonds is 8. The van der Waals surface area contributed by atoms with E-state index in [1.165, 1.54) is 9.80 Å². The summed E-state index contributed by atoms with van der Waals surface area (Å²) in [4.78, 5) is 54.6. The first kappa shape index (κ1) is 24.5. The minimum Gasteiger partial charge on any atom is -0.352 e. The molecule has 0 radical (unpaired) electrons. The monoisotopic (exact) mass is 485 g/mol. The minimum absolute atomic E-state index is 0.0219. The molecule has 2 aliphatic carbocycles. The Labute approximate surface area is 205 Å². The molecule has 1 saturated carbocycles. The molecule has 4 amide bonds. The molecule has 7 nitrogen and oxygen atoms in total. The number of likely N-dealkylation sites (tertiary alicyclic amines) is 1. The molecule has 1 aromatic carbocycles. The van der Waals surface area contributed by atoms with E-state index < -0.39 is 6.04 Å². The van der Waals surface area contributed by atoms with Crippen molar-refractivity contribution >= 4 is 35.2 Å². The van der Waals surface area contributed by atoms with Gasteiger partial charge >= 0.3 is 0 Å². The van der Waals surface area contributed by atoms with E-state index in [0.29, 0.717) is 17.9 Å².